The molecule has 0 spiro atoms. The molecule has 3 N–H and O–H groups in total. The summed E-state index contributed by atoms with van der Waals surface area (Å²) in [6.45, 7) is 2.72. The van der Waals surface area contributed by atoms with Crippen LogP contribution in [-0.4, -0.2) is 24.7 Å². The van der Waals surface area contributed by atoms with Gasteiger partial charge in [-0.3, -0.25) is 4.79 Å². The summed E-state index contributed by atoms with van der Waals surface area (Å²) in [7, 11) is 0. The molecule has 1 aliphatic rings. The van der Waals surface area contributed by atoms with Gasteiger partial charge in [0.25, 0.3) is 5.91 Å². The number of halogens is 1. The molecule has 2 atom stereocenters. The van der Waals surface area contributed by atoms with E-state index in [1.807, 2.05) is 6.92 Å². The summed E-state index contributed by atoms with van der Waals surface area (Å²) in [5.74, 6) is -0.0896. The van der Waals surface area contributed by atoms with E-state index in [0.717, 1.165) is 17.3 Å². The van der Waals surface area contributed by atoms with Gasteiger partial charge in [0, 0.05) is 22.8 Å². The van der Waals surface area contributed by atoms with Crippen molar-refractivity contribution in [2.24, 2.45) is 0 Å². The van der Waals surface area contributed by atoms with E-state index in [2.05, 4.69) is 21.2 Å². The van der Waals surface area contributed by atoms with Gasteiger partial charge in [0.15, 0.2) is 0 Å². The van der Waals surface area contributed by atoms with E-state index in [1.165, 1.54) is 0 Å². The van der Waals surface area contributed by atoms with Crippen molar-refractivity contribution in [1.82, 2.24) is 5.32 Å². The highest BCUT2D eigenvalue weighted by Gasteiger charge is 2.22. The molecule has 0 aromatic heterocycles. The molecule has 1 fully saturated rings. The first kappa shape index (κ1) is 13.4. The number of amides is 1. The minimum absolute atomic E-state index is 0.0896. The van der Waals surface area contributed by atoms with Crippen LogP contribution in [0, 0.1) is 0 Å². The largest absolute Gasteiger partial charge is 0.399 e. The van der Waals surface area contributed by atoms with Gasteiger partial charge in [0.05, 0.1) is 11.7 Å². The fourth-order valence-electron chi connectivity index (χ4n) is 2.11. The van der Waals surface area contributed by atoms with Crippen LogP contribution >= 0.6 is 15.9 Å². The highest BCUT2D eigenvalue weighted by Crippen LogP contribution is 2.20. The Hall–Kier alpha value is -1.07. The fraction of sp³-hybridized carbons (Fsp3) is 0.462. The number of benzene rings is 1. The summed E-state index contributed by atoms with van der Waals surface area (Å²) in [4.78, 5) is 12.2. The number of carbonyl (C=O) groups is 1. The normalized spacial score (nSPS) is 23.7. The van der Waals surface area contributed by atoms with Crippen LogP contribution in [0.1, 0.15) is 30.1 Å². The highest BCUT2D eigenvalue weighted by atomic mass is 79.9. The standard InChI is InChI=1S/C13H17BrN2O2/c1-8-6-10(4-5-18-8)16-13(17)11-7-9(15)2-3-12(11)14/h2-3,7-8,10H,4-6,15H2,1H3,(H,16,17). The molecule has 0 bridgehead atoms. The Kier molecular flexibility index (Phi) is 4.24. The van der Waals surface area contributed by atoms with E-state index in [-0.39, 0.29) is 18.1 Å². The first-order chi connectivity index (χ1) is 8.56. The summed E-state index contributed by atoms with van der Waals surface area (Å²) in [5.41, 5.74) is 6.86. The molecule has 0 saturated carbocycles. The molecule has 0 radical (unpaired) electrons. The summed E-state index contributed by atoms with van der Waals surface area (Å²) in [6, 6.07) is 5.41. The van der Waals surface area contributed by atoms with E-state index in [0.29, 0.717) is 17.9 Å². The van der Waals surface area contributed by atoms with Crippen molar-refractivity contribution < 1.29 is 9.53 Å². The van der Waals surface area contributed by atoms with Crippen LogP contribution in [-0.2, 0) is 4.74 Å². The Morgan fingerprint density at radius 1 is 1.56 bits per heavy atom. The third-order valence-corrected chi connectivity index (χ3v) is 3.75. The maximum atomic E-state index is 12.2. The molecule has 1 amide bonds. The summed E-state index contributed by atoms with van der Waals surface area (Å²) in [5, 5.41) is 3.03. The number of hydrogen-bond donors (Lipinski definition) is 2. The molecule has 4 nitrogen and oxygen atoms in total. The van der Waals surface area contributed by atoms with Crippen LogP contribution in [0.15, 0.2) is 22.7 Å². The predicted molar refractivity (Wildman–Crippen MR) is 74.5 cm³/mol. The number of nitrogens with two attached hydrogens (primary N) is 1. The Balaban J connectivity index is 2.05. The minimum Gasteiger partial charge on any atom is -0.399 e. The molecule has 98 valence electrons. The Morgan fingerprint density at radius 2 is 2.33 bits per heavy atom. The van der Waals surface area contributed by atoms with Crippen LogP contribution in [0.5, 0.6) is 0 Å². The second kappa shape index (κ2) is 5.71. The first-order valence-electron chi connectivity index (χ1n) is 6.03. The Bertz CT molecular complexity index is 451. The van der Waals surface area contributed by atoms with Crippen molar-refractivity contribution in [1.29, 1.82) is 0 Å². The van der Waals surface area contributed by atoms with Gasteiger partial charge in [-0.25, -0.2) is 0 Å². The van der Waals surface area contributed by atoms with E-state index in [4.69, 9.17) is 10.5 Å². The maximum Gasteiger partial charge on any atom is 0.252 e. The Labute approximate surface area is 115 Å². The first-order valence-corrected chi connectivity index (χ1v) is 6.83. The van der Waals surface area contributed by atoms with Gasteiger partial charge in [-0.05, 0) is 53.9 Å². The quantitative estimate of drug-likeness (QED) is 0.824. The van der Waals surface area contributed by atoms with Crippen molar-refractivity contribution in [2.75, 3.05) is 12.3 Å². The van der Waals surface area contributed by atoms with Crippen LogP contribution in [0.2, 0.25) is 0 Å². The second-order valence-corrected chi connectivity index (χ2v) is 5.47. The van der Waals surface area contributed by atoms with E-state index < -0.39 is 0 Å². The van der Waals surface area contributed by atoms with Crippen molar-refractivity contribution in [3.8, 4) is 0 Å². The zero-order valence-corrected chi connectivity index (χ0v) is 11.9. The molecule has 1 saturated heterocycles. The molecule has 1 aliphatic heterocycles. The summed E-state index contributed by atoms with van der Waals surface area (Å²) in [6.07, 6.45) is 1.91. The van der Waals surface area contributed by atoms with Gasteiger partial charge in [-0.1, -0.05) is 0 Å². The number of nitrogen functional groups attached to an aromatic ring is 1. The predicted octanol–water partition coefficient (Wildman–Crippen LogP) is 2.33. The average molecular weight is 313 g/mol. The lowest BCUT2D eigenvalue weighted by Crippen LogP contribution is -2.41. The van der Waals surface area contributed by atoms with Crippen LogP contribution in [0.25, 0.3) is 0 Å². The van der Waals surface area contributed by atoms with Crippen molar-refractivity contribution >= 4 is 27.5 Å². The van der Waals surface area contributed by atoms with Gasteiger partial charge >= 0.3 is 0 Å². The van der Waals surface area contributed by atoms with Crippen molar-refractivity contribution in [3.05, 3.63) is 28.2 Å². The molecular formula is C13H17BrN2O2. The van der Waals surface area contributed by atoms with Crippen LogP contribution in [0.3, 0.4) is 0 Å². The van der Waals surface area contributed by atoms with E-state index >= 15 is 0 Å². The van der Waals surface area contributed by atoms with E-state index in [9.17, 15) is 4.79 Å². The molecule has 5 heteroatoms. The van der Waals surface area contributed by atoms with Crippen LogP contribution in [0.4, 0.5) is 5.69 Å². The fourth-order valence-corrected chi connectivity index (χ4v) is 2.54. The van der Waals surface area contributed by atoms with Crippen molar-refractivity contribution in [3.63, 3.8) is 0 Å². The van der Waals surface area contributed by atoms with Crippen molar-refractivity contribution in [2.45, 2.75) is 31.9 Å². The zero-order valence-electron chi connectivity index (χ0n) is 10.3. The summed E-state index contributed by atoms with van der Waals surface area (Å²) >= 11 is 3.37. The highest BCUT2D eigenvalue weighted by molar-refractivity contribution is 9.10. The molecule has 1 aromatic carbocycles. The van der Waals surface area contributed by atoms with E-state index in [1.54, 1.807) is 18.2 Å². The topological polar surface area (TPSA) is 64.4 Å². The summed E-state index contributed by atoms with van der Waals surface area (Å²) < 4.78 is 6.22. The van der Waals surface area contributed by atoms with Gasteiger partial charge in [-0.2, -0.15) is 0 Å². The molecule has 0 aliphatic carbocycles. The van der Waals surface area contributed by atoms with Gasteiger partial charge in [-0.15, -0.1) is 0 Å². The molecular weight excluding hydrogens is 296 g/mol. The number of nitrogens with one attached hydrogen (secondary N) is 1. The maximum absolute atomic E-state index is 12.2. The number of carbonyl (C=O) groups excluding carboxylic acids is 1. The van der Waals surface area contributed by atoms with Gasteiger partial charge in [0.2, 0.25) is 0 Å². The average Bonchev–Trinajstić information content (AvgIpc) is 2.32. The molecule has 18 heavy (non-hydrogen) atoms. The zero-order chi connectivity index (χ0) is 13.1. The van der Waals surface area contributed by atoms with Gasteiger partial charge in [0.1, 0.15) is 0 Å². The minimum atomic E-state index is -0.0896. The monoisotopic (exact) mass is 312 g/mol. The molecule has 2 rings (SSSR count). The SMILES string of the molecule is CC1CC(NC(=O)c2cc(N)ccc2Br)CCO1. The third-order valence-electron chi connectivity index (χ3n) is 3.06. The Morgan fingerprint density at radius 3 is 3.06 bits per heavy atom. The lowest BCUT2D eigenvalue weighted by molar-refractivity contribution is 0.0136. The number of ether oxygens (including phenoxy) is 1. The lowest BCUT2D eigenvalue weighted by Gasteiger charge is -2.28. The smallest absolute Gasteiger partial charge is 0.252 e. The number of rotatable bonds is 2. The number of hydrogen-bond acceptors (Lipinski definition) is 3. The lowest BCUT2D eigenvalue weighted by atomic mass is 10.0. The second-order valence-electron chi connectivity index (χ2n) is 4.62. The molecule has 1 heterocycles. The number of anilines is 1. The third kappa shape index (κ3) is 3.23. The van der Waals surface area contributed by atoms with Gasteiger partial charge < -0.3 is 15.8 Å². The molecule has 2 unspecified atom stereocenters. The molecule has 1 aromatic rings. The van der Waals surface area contributed by atoms with Crippen LogP contribution < -0.4 is 11.1 Å².